The molecular weight excluding hydrogens is 303 g/mol. The fourth-order valence-corrected chi connectivity index (χ4v) is 2.64. The fourth-order valence-electron chi connectivity index (χ4n) is 2.27. The van der Waals surface area contributed by atoms with Crippen molar-refractivity contribution in [2.24, 2.45) is 0 Å². The zero-order valence-corrected chi connectivity index (χ0v) is 12.4. The van der Waals surface area contributed by atoms with Gasteiger partial charge in [-0.15, -0.1) is 0 Å². The molecule has 0 unspecified atom stereocenters. The number of nitrogens with zero attached hydrogens (tertiary/aromatic N) is 1. The van der Waals surface area contributed by atoms with E-state index in [0.29, 0.717) is 28.6 Å². The van der Waals surface area contributed by atoms with E-state index >= 15 is 0 Å². The Hall–Kier alpha value is -1.30. The van der Waals surface area contributed by atoms with Crippen LogP contribution in [0.4, 0.5) is 0 Å². The second kappa shape index (κ2) is 6.43. The first-order chi connectivity index (χ1) is 9.54. The van der Waals surface area contributed by atoms with Crippen LogP contribution in [0.2, 0.25) is 10.0 Å². The first-order valence-corrected chi connectivity index (χ1v) is 6.89. The largest absolute Gasteiger partial charge is 0.326 e. The molecule has 0 aromatic heterocycles. The highest BCUT2D eigenvalue weighted by Crippen LogP contribution is 2.26. The first kappa shape index (κ1) is 15.1. The average molecular weight is 317 g/mol. The molecule has 1 N–H and O–H groups in total. The second-order valence-corrected chi connectivity index (χ2v) is 5.29. The van der Waals surface area contributed by atoms with Crippen LogP contribution in [0.1, 0.15) is 23.2 Å². The van der Waals surface area contributed by atoms with Crippen molar-refractivity contribution >= 4 is 35.0 Å². The van der Waals surface area contributed by atoms with Gasteiger partial charge in [-0.05, 0) is 31.0 Å². The molecule has 1 saturated heterocycles. The molecule has 7 heteroatoms. The highest BCUT2D eigenvalue weighted by atomic mass is 35.5. The monoisotopic (exact) mass is 316 g/mol. The van der Waals surface area contributed by atoms with Crippen LogP contribution in [-0.4, -0.2) is 36.4 Å². The SMILES string of the molecule is CONC(=O)[C@@H]1CCCN1C(=O)c1cc(Cl)ccc1Cl. The highest BCUT2D eigenvalue weighted by Gasteiger charge is 2.35. The van der Waals surface area contributed by atoms with Gasteiger partial charge in [0.15, 0.2) is 0 Å². The molecule has 2 amide bonds. The third-order valence-electron chi connectivity index (χ3n) is 3.18. The van der Waals surface area contributed by atoms with Gasteiger partial charge in [0.25, 0.3) is 11.8 Å². The van der Waals surface area contributed by atoms with Crippen LogP contribution in [0, 0.1) is 0 Å². The van der Waals surface area contributed by atoms with Crippen LogP contribution in [0.5, 0.6) is 0 Å². The maximum atomic E-state index is 12.5. The number of carbonyl (C=O) groups is 2. The Balaban J connectivity index is 2.23. The van der Waals surface area contributed by atoms with Crippen LogP contribution in [0.25, 0.3) is 0 Å². The minimum atomic E-state index is -0.544. The predicted molar refractivity (Wildman–Crippen MR) is 75.7 cm³/mol. The lowest BCUT2D eigenvalue weighted by Crippen LogP contribution is -2.45. The summed E-state index contributed by atoms with van der Waals surface area (Å²) < 4.78 is 0. The van der Waals surface area contributed by atoms with Gasteiger partial charge in [0.2, 0.25) is 0 Å². The summed E-state index contributed by atoms with van der Waals surface area (Å²) in [7, 11) is 1.35. The minimum Gasteiger partial charge on any atom is -0.326 e. The quantitative estimate of drug-likeness (QED) is 0.870. The number of benzene rings is 1. The van der Waals surface area contributed by atoms with E-state index < -0.39 is 6.04 Å². The average Bonchev–Trinajstić information content (AvgIpc) is 2.90. The topological polar surface area (TPSA) is 58.6 Å². The van der Waals surface area contributed by atoms with Crippen molar-refractivity contribution in [3.8, 4) is 0 Å². The molecule has 20 heavy (non-hydrogen) atoms. The maximum absolute atomic E-state index is 12.5. The number of amides is 2. The summed E-state index contributed by atoms with van der Waals surface area (Å²) in [5.74, 6) is -0.636. The molecule has 1 fully saturated rings. The Morgan fingerprint density at radius 2 is 2.15 bits per heavy atom. The van der Waals surface area contributed by atoms with Crippen LogP contribution in [-0.2, 0) is 9.63 Å². The van der Waals surface area contributed by atoms with E-state index in [2.05, 4.69) is 10.3 Å². The van der Waals surface area contributed by atoms with Crippen LogP contribution in [0.3, 0.4) is 0 Å². The van der Waals surface area contributed by atoms with Gasteiger partial charge in [0, 0.05) is 11.6 Å². The third kappa shape index (κ3) is 3.06. The second-order valence-electron chi connectivity index (χ2n) is 4.45. The van der Waals surface area contributed by atoms with Gasteiger partial charge >= 0.3 is 0 Å². The number of hydrogen-bond acceptors (Lipinski definition) is 3. The van der Waals surface area contributed by atoms with E-state index in [4.69, 9.17) is 23.2 Å². The van der Waals surface area contributed by atoms with Crippen molar-refractivity contribution in [1.29, 1.82) is 0 Å². The van der Waals surface area contributed by atoms with Crippen molar-refractivity contribution in [3.63, 3.8) is 0 Å². The van der Waals surface area contributed by atoms with Crippen LogP contribution >= 0.6 is 23.2 Å². The number of hydroxylamine groups is 1. The number of halogens is 2. The van der Waals surface area contributed by atoms with Gasteiger partial charge in [-0.1, -0.05) is 23.2 Å². The van der Waals surface area contributed by atoms with Gasteiger partial charge in [0.1, 0.15) is 6.04 Å². The van der Waals surface area contributed by atoms with Crippen molar-refractivity contribution < 1.29 is 14.4 Å². The minimum absolute atomic E-state index is 0.300. The summed E-state index contributed by atoms with van der Waals surface area (Å²) >= 11 is 11.9. The summed E-state index contributed by atoms with van der Waals surface area (Å²) in [4.78, 5) is 30.5. The summed E-state index contributed by atoms with van der Waals surface area (Å²) in [6.07, 6.45) is 1.35. The van der Waals surface area contributed by atoms with E-state index in [-0.39, 0.29) is 11.8 Å². The smallest absolute Gasteiger partial charge is 0.266 e. The van der Waals surface area contributed by atoms with Gasteiger partial charge in [0.05, 0.1) is 17.7 Å². The van der Waals surface area contributed by atoms with Crippen molar-refractivity contribution in [2.75, 3.05) is 13.7 Å². The normalized spacial score (nSPS) is 18.1. The predicted octanol–water partition coefficient (Wildman–Crippen LogP) is 2.28. The van der Waals surface area contributed by atoms with E-state index in [0.717, 1.165) is 6.42 Å². The summed E-state index contributed by atoms with van der Waals surface area (Å²) in [5, 5.41) is 0.743. The molecule has 1 aliphatic heterocycles. The Labute approximate surface area is 126 Å². The number of carbonyl (C=O) groups excluding carboxylic acids is 2. The van der Waals surface area contributed by atoms with E-state index in [9.17, 15) is 9.59 Å². The number of likely N-dealkylation sites (tertiary alicyclic amines) is 1. The Morgan fingerprint density at radius 1 is 1.40 bits per heavy atom. The molecule has 108 valence electrons. The lowest BCUT2D eigenvalue weighted by atomic mass is 10.1. The van der Waals surface area contributed by atoms with Crippen LogP contribution < -0.4 is 5.48 Å². The summed E-state index contributed by atoms with van der Waals surface area (Å²) in [6.45, 7) is 0.503. The summed E-state index contributed by atoms with van der Waals surface area (Å²) in [5.41, 5.74) is 2.56. The highest BCUT2D eigenvalue weighted by molar-refractivity contribution is 6.35. The standard InChI is InChI=1S/C13H14Cl2N2O3/c1-20-16-12(18)11-3-2-6-17(11)13(19)9-7-8(14)4-5-10(9)15/h4-5,7,11H,2-3,6H2,1H3,(H,16,18)/t11-/m0/s1. The molecular formula is C13H14Cl2N2O3. The molecule has 1 aromatic rings. The van der Waals surface area contributed by atoms with Gasteiger partial charge in [-0.25, -0.2) is 5.48 Å². The maximum Gasteiger partial charge on any atom is 0.266 e. The molecule has 0 radical (unpaired) electrons. The Morgan fingerprint density at radius 3 is 2.85 bits per heavy atom. The van der Waals surface area contributed by atoms with Crippen LogP contribution in [0.15, 0.2) is 18.2 Å². The number of rotatable bonds is 3. The lowest BCUT2D eigenvalue weighted by molar-refractivity contribution is -0.135. The number of hydrogen-bond donors (Lipinski definition) is 1. The molecule has 0 saturated carbocycles. The van der Waals surface area contributed by atoms with Gasteiger partial charge < -0.3 is 4.90 Å². The van der Waals surface area contributed by atoms with Gasteiger partial charge in [-0.3, -0.25) is 14.4 Å². The molecule has 0 bridgehead atoms. The van der Waals surface area contributed by atoms with Gasteiger partial charge in [-0.2, -0.15) is 0 Å². The Kier molecular flexibility index (Phi) is 4.86. The van der Waals surface area contributed by atoms with E-state index in [1.807, 2.05) is 0 Å². The molecule has 0 spiro atoms. The van der Waals surface area contributed by atoms with E-state index in [1.54, 1.807) is 12.1 Å². The summed E-state index contributed by atoms with van der Waals surface area (Å²) in [6, 6.07) is 4.14. The zero-order valence-electron chi connectivity index (χ0n) is 10.9. The third-order valence-corrected chi connectivity index (χ3v) is 3.74. The van der Waals surface area contributed by atoms with Crippen molar-refractivity contribution in [2.45, 2.75) is 18.9 Å². The molecule has 1 heterocycles. The lowest BCUT2D eigenvalue weighted by Gasteiger charge is -2.24. The van der Waals surface area contributed by atoms with E-state index in [1.165, 1.54) is 18.1 Å². The first-order valence-electron chi connectivity index (χ1n) is 6.13. The van der Waals surface area contributed by atoms with Crippen molar-refractivity contribution in [1.82, 2.24) is 10.4 Å². The molecule has 5 nitrogen and oxygen atoms in total. The fraction of sp³-hybridized carbons (Fsp3) is 0.385. The molecule has 1 atom stereocenters. The molecule has 2 rings (SSSR count). The number of nitrogens with one attached hydrogen (secondary N) is 1. The Bertz CT molecular complexity index is 536. The van der Waals surface area contributed by atoms with Crippen molar-refractivity contribution in [3.05, 3.63) is 33.8 Å². The molecule has 1 aromatic carbocycles. The molecule has 0 aliphatic carbocycles. The molecule has 1 aliphatic rings. The zero-order chi connectivity index (χ0) is 14.7.